The van der Waals surface area contributed by atoms with E-state index in [1.165, 1.54) is 11.3 Å². The van der Waals surface area contributed by atoms with Crippen molar-refractivity contribution < 1.29 is 8.42 Å². The van der Waals surface area contributed by atoms with E-state index in [2.05, 4.69) is 20.3 Å². The van der Waals surface area contributed by atoms with Gasteiger partial charge in [-0.2, -0.15) is 8.42 Å². The van der Waals surface area contributed by atoms with Crippen molar-refractivity contribution in [1.29, 1.82) is 0 Å². The molecule has 0 aliphatic heterocycles. The number of rotatable bonds is 3. The minimum atomic E-state index is -3.72. The predicted molar refractivity (Wildman–Crippen MR) is 97.1 cm³/mol. The van der Waals surface area contributed by atoms with Crippen LogP contribution in [-0.4, -0.2) is 13.0 Å². The Morgan fingerprint density at radius 3 is 2.52 bits per heavy atom. The molecule has 0 N–H and O–H groups in total. The third-order valence-corrected chi connectivity index (χ3v) is 6.41. The molecule has 2 aromatic carbocycles. The Morgan fingerprint density at radius 2 is 1.87 bits per heavy atom. The molecule has 23 heavy (non-hydrogen) atoms. The molecule has 0 saturated carbocycles. The lowest BCUT2D eigenvalue weighted by atomic mass is 10.2. The van der Waals surface area contributed by atoms with Crippen LogP contribution in [0.5, 0.6) is 0 Å². The molecule has 3 rings (SSSR count). The van der Waals surface area contributed by atoms with E-state index in [0.29, 0.717) is 11.3 Å². The number of thiazole rings is 1. The molecular formula is C16H15BrN2O2S2. The largest absolute Gasteiger partial charge is 0.316 e. The fourth-order valence-corrected chi connectivity index (χ4v) is 5.14. The van der Waals surface area contributed by atoms with Gasteiger partial charge in [0.15, 0.2) is 0 Å². The maximum Gasteiger partial charge on any atom is 0.285 e. The lowest BCUT2D eigenvalue weighted by Crippen LogP contribution is -2.16. The van der Waals surface area contributed by atoms with E-state index < -0.39 is 10.0 Å². The number of fused-ring (bicyclic) bond motifs is 1. The fraction of sp³-hybridized carbons (Fsp3) is 0.188. The van der Waals surface area contributed by atoms with Crippen LogP contribution in [0.25, 0.3) is 10.2 Å². The van der Waals surface area contributed by atoms with Crippen LogP contribution in [-0.2, 0) is 16.6 Å². The van der Waals surface area contributed by atoms with Crippen molar-refractivity contribution in [2.45, 2.75) is 25.3 Å². The maximum absolute atomic E-state index is 12.5. The number of sulfonamides is 1. The second-order valence-electron chi connectivity index (χ2n) is 5.12. The van der Waals surface area contributed by atoms with Crippen molar-refractivity contribution >= 4 is 47.5 Å². The van der Waals surface area contributed by atoms with Crippen LogP contribution in [0.15, 0.2) is 56.2 Å². The molecule has 0 unspecified atom stereocenters. The molecule has 3 aromatic rings. The Labute approximate surface area is 147 Å². The number of aromatic nitrogens is 1. The SMILES string of the molecule is CCn1c(=NS(=O)(=O)c2ccc(C)cc2)sc2cc(Br)ccc21. The number of hydrogen-bond donors (Lipinski definition) is 0. The van der Waals surface area contributed by atoms with E-state index in [1.807, 2.05) is 36.6 Å². The van der Waals surface area contributed by atoms with E-state index in [4.69, 9.17) is 0 Å². The number of nitrogens with zero attached hydrogens (tertiary/aromatic N) is 2. The normalized spacial score (nSPS) is 12.9. The van der Waals surface area contributed by atoms with Crippen LogP contribution in [0.2, 0.25) is 0 Å². The summed E-state index contributed by atoms with van der Waals surface area (Å²) in [6.07, 6.45) is 0. The number of hydrogen-bond acceptors (Lipinski definition) is 3. The van der Waals surface area contributed by atoms with Gasteiger partial charge in [-0.15, -0.1) is 4.40 Å². The first-order valence-corrected chi connectivity index (χ1v) is 10.1. The molecule has 0 radical (unpaired) electrons. The van der Waals surface area contributed by atoms with Crippen LogP contribution in [0.4, 0.5) is 0 Å². The van der Waals surface area contributed by atoms with Gasteiger partial charge in [0.05, 0.1) is 15.1 Å². The first kappa shape index (κ1) is 16.4. The summed E-state index contributed by atoms with van der Waals surface area (Å²) in [5, 5.41) is 0. The van der Waals surface area contributed by atoms with Crippen molar-refractivity contribution in [3.63, 3.8) is 0 Å². The first-order chi connectivity index (χ1) is 10.9. The molecule has 0 spiro atoms. The monoisotopic (exact) mass is 410 g/mol. The quantitative estimate of drug-likeness (QED) is 0.652. The van der Waals surface area contributed by atoms with E-state index in [-0.39, 0.29) is 4.90 Å². The van der Waals surface area contributed by atoms with E-state index in [0.717, 1.165) is 20.3 Å². The van der Waals surface area contributed by atoms with Crippen LogP contribution in [0.1, 0.15) is 12.5 Å². The van der Waals surface area contributed by atoms with Gasteiger partial charge in [0.25, 0.3) is 10.0 Å². The van der Waals surface area contributed by atoms with Crippen molar-refractivity contribution in [2.24, 2.45) is 4.40 Å². The third kappa shape index (κ3) is 3.27. The summed E-state index contributed by atoms with van der Waals surface area (Å²) in [4.78, 5) is 0.700. The van der Waals surface area contributed by atoms with Crippen LogP contribution in [0, 0.1) is 6.92 Å². The van der Waals surface area contributed by atoms with Gasteiger partial charge < -0.3 is 4.57 Å². The summed E-state index contributed by atoms with van der Waals surface area (Å²) < 4.78 is 33.0. The average Bonchev–Trinajstić information content (AvgIpc) is 2.82. The molecule has 0 aliphatic carbocycles. The standard InChI is InChI=1S/C16H15BrN2O2S2/c1-3-19-14-9-6-12(17)10-15(14)22-16(19)18-23(20,21)13-7-4-11(2)5-8-13/h4-10H,3H2,1-2H3. The molecule has 0 bridgehead atoms. The summed E-state index contributed by atoms with van der Waals surface area (Å²) >= 11 is 4.82. The Balaban J connectivity index is 2.22. The molecule has 0 fully saturated rings. The number of aryl methyl sites for hydroxylation is 2. The zero-order chi connectivity index (χ0) is 16.6. The molecule has 7 heteroatoms. The Kier molecular flexibility index (Phi) is 4.44. The third-order valence-electron chi connectivity index (χ3n) is 3.48. The second kappa shape index (κ2) is 6.22. The van der Waals surface area contributed by atoms with Gasteiger partial charge in [-0.1, -0.05) is 45.0 Å². The molecular weight excluding hydrogens is 396 g/mol. The van der Waals surface area contributed by atoms with Gasteiger partial charge in [-0.3, -0.25) is 0 Å². The molecule has 1 aromatic heterocycles. The van der Waals surface area contributed by atoms with E-state index in [9.17, 15) is 8.42 Å². The lowest BCUT2D eigenvalue weighted by molar-refractivity contribution is 0.595. The Morgan fingerprint density at radius 1 is 1.17 bits per heavy atom. The minimum absolute atomic E-state index is 0.212. The summed E-state index contributed by atoms with van der Waals surface area (Å²) in [5.74, 6) is 0. The van der Waals surface area contributed by atoms with Gasteiger partial charge in [0, 0.05) is 11.0 Å². The highest BCUT2D eigenvalue weighted by atomic mass is 79.9. The van der Waals surface area contributed by atoms with E-state index in [1.54, 1.807) is 24.3 Å². The van der Waals surface area contributed by atoms with Crippen molar-refractivity contribution in [3.05, 3.63) is 57.3 Å². The minimum Gasteiger partial charge on any atom is -0.316 e. The zero-order valence-electron chi connectivity index (χ0n) is 12.7. The molecule has 120 valence electrons. The highest BCUT2D eigenvalue weighted by Crippen LogP contribution is 2.22. The number of halogens is 1. The molecule has 0 amide bonds. The Hall–Kier alpha value is -1.44. The van der Waals surface area contributed by atoms with Crippen molar-refractivity contribution in [1.82, 2.24) is 4.57 Å². The smallest absolute Gasteiger partial charge is 0.285 e. The van der Waals surface area contributed by atoms with E-state index >= 15 is 0 Å². The zero-order valence-corrected chi connectivity index (χ0v) is 15.9. The molecule has 0 saturated heterocycles. The number of benzene rings is 2. The first-order valence-electron chi connectivity index (χ1n) is 7.07. The molecule has 1 heterocycles. The van der Waals surface area contributed by atoms with Crippen LogP contribution < -0.4 is 4.80 Å². The molecule has 4 nitrogen and oxygen atoms in total. The van der Waals surface area contributed by atoms with Gasteiger partial charge >= 0.3 is 0 Å². The van der Waals surface area contributed by atoms with Crippen molar-refractivity contribution in [2.75, 3.05) is 0 Å². The van der Waals surface area contributed by atoms with Crippen LogP contribution in [0.3, 0.4) is 0 Å². The summed E-state index contributed by atoms with van der Waals surface area (Å²) in [7, 11) is -3.72. The molecule has 0 aliphatic rings. The summed E-state index contributed by atoms with van der Waals surface area (Å²) in [6, 6.07) is 12.6. The second-order valence-corrected chi connectivity index (χ2v) is 8.65. The highest BCUT2D eigenvalue weighted by Gasteiger charge is 2.14. The van der Waals surface area contributed by atoms with Crippen molar-refractivity contribution in [3.8, 4) is 0 Å². The van der Waals surface area contributed by atoms with Gasteiger partial charge in [0.1, 0.15) is 0 Å². The molecule has 0 atom stereocenters. The predicted octanol–water partition coefficient (Wildman–Crippen LogP) is 4.08. The topological polar surface area (TPSA) is 51.4 Å². The van der Waals surface area contributed by atoms with Gasteiger partial charge in [-0.25, -0.2) is 0 Å². The van der Waals surface area contributed by atoms with Crippen LogP contribution >= 0.6 is 27.3 Å². The summed E-state index contributed by atoms with van der Waals surface area (Å²) in [5.41, 5.74) is 2.00. The Bertz CT molecular complexity index is 1030. The lowest BCUT2D eigenvalue weighted by Gasteiger charge is -2.01. The average molecular weight is 411 g/mol. The maximum atomic E-state index is 12.5. The fourth-order valence-electron chi connectivity index (χ4n) is 2.29. The van der Waals surface area contributed by atoms with Gasteiger partial charge in [-0.05, 0) is 44.2 Å². The highest BCUT2D eigenvalue weighted by molar-refractivity contribution is 9.10. The van der Waals surface area contributed by atoms with Gasteiger partial charge in [0.2, 0.25) is 4.80 Å². The summed E-state index contributed by atoms with van der Waals surface area (Å²) in [6.45, 7) is 4.55.